The van der Waals surface area contributed by atoms with Crippen molar-refractivity contribution >= 4 is 5.96 Å². The van der Waals surface area contributed by atoms with Crippen LogP contribution in [0.3, 0.4) is 0 Å². The second-order valence-electron chi connectivity index (χ2n) is 7.67. The molecule has 3 rings (SSSR count). The third kappa shape index (κ3) is 5.56. The highest BCUT2D eigenvalue weighted by Gasteiger charge is 2.32. The van der Waals surface area contributed by atoms with Crippen LogP contribution >= 0.6 is 0 Å². The zero-order valence-corrected chi connectivity index (χ0v) is 16.1. The quantitative estimate of drug-likeness (QED) is 0.601. The van der Waals surface area contributed by atoms with Gasteiger partial charge in [-0.2, -0.15) is 0 Å². The van der Waals surface area contributed by atoms with Gasteiger partial charge in [-0.05, 0) is 51.6 Å². The first kappa shape index (κ1) is 18.9. The largest absolute Gasteiger partial charge is 0.375 e. The molecule has 3 aliphatic heterocycles. The first-order valence-electron chi connectivity index (χ1n) is 10.2. The Balaban J connectivity index is 1.50. The van der Waals surface area contributed by atoms with E-state index in [1.54, 1.807) is 0 Å². The monoisotopic (exact) mass is 352 g/mol. The number of piperidine rings is 1. The maximum atomic E-state index is 5.97. The Morgan fingerprint density at radius 3 is 2.60 bits per heavy atom. The Morgan fingerprint density at radius 1 is 1.08 bits per heavy atom. The third-order valence-electron chi connectivity index (χ3n) is 5.66. The zero-order valence-electron chi connectivity index (χ0n) is 16.1. The number of rotatable bonds is 5. The van der Waals surface area contributed by atoms with Gasteiger partial charge in [0.25, 0.3) is 0 Å². The lowest BCUT2D eigenvalue weighted by atomic mass is 9.99. The van der Waals surface area contributed by atoms with Gasteiger partial charge in [-0.3, -0.25) is 4.99 Å². The molecular formula is C19H36N4O2. The lowest BCUT2D eigenvalue weighted by Gasteiger charge is -2.37. The smallest absolute Gasteiger partial charge is 0.194 e. The van der Waals surface area contributed by atoms with Crippen LogP contribution in [0.2, 0.25) is 0 Å². The second-order valence-corrected chi connectivity index (χ2v) is 7.67. The summed E-state index contributed by atoms with van der Waals surface area (Å²) in [5.74, 6) is 1.93. The molecule has 2 unspecified atom stereocenters. The third-order valence-corrected chi connectivity index (χ3v) is 5.66. The Bertz CT molecular complexity index is 418. The Kier molecular flexibility index (Phi) is 7.37. The summed E-state index contributed by atoms with van der Waals surface area (Å²) in [6.07, 6.45) is 5.39. The van der Waals surface area contributed by atoms with Gasteiger partial charge < -0.3 is 24.6 Å². The Hall–Kier alpha value is -0.850. The molecule has 0 aromatic heterocycles. The van der Waals surface area contributed by atoms with Crippen LogP contribution in [0.1, 0.15) is 39.5 Å². The highest BCUT2D eigenvalue weighted by atomic mass is 16.5. The van der Waals surface area contributed by atoms with E-state index in [2.05, 4.69) is 29.0 Å². The van der Waals surface area contributed by atoms with Crippen molar-refractivity contribution < 1.29 is 9.47 Å². The van der Waals surface area contributed by atoms with Crippen molar-refractivity contribution in [1.29, 1.82) is 0 Å². The van der Waals surface area contributed by atoms with Crippen LogP contribution in [0, 0.1) is 5.92 Å². The number of nitrogens with one attached hydrogen (secondary N) is 1. The van der Waals surface area contributed by atoms with E-state index in [0.717, 1.165) is 70.7 Å². The minimum atomic E-state index is 0.184. The summed E-state index contributed by atoms with van der Waals surface area (Å²) in [6.45, 7) is 13.3. The molecule has 0 amide bonds. The first-order chi connectivity index (χ1) is 12.3. The number of nitrogens with zero attached hydrogens (tertiary/aromatic N) is 3. The van der Waals surface area contributed by atoms with E-state index >= 15 is 0 Å². The summed E-state index contributed by atoms with van der Waals surface area (Å²) in [6, 6.07) is 0. The summed E-state index contributed by atoms with van der Waals surface area (Å²) < 4.78 is 11.8. The summed E-state index contributed by atoms with van der Waals surface area (Å²) >= 11 is 0. The highest BCUT2D eigenvalue weighted by Crippen LogP contribution is 2.21. The predicted octanol–water partition coefficient (Wildman–Crippen LogP) is 1.56. The van der Waals surface area contributed by atoms with E-state index in [4.69, 9.17) is 14.5 Å². The molecule has 3 fully saturated rings. The van der Waals surface area contributed by atoms with Gasteiger partial charge >= 0.3 is 0 Å². The molecule has 0 spiro atoms. The van der Waals surface area contributed by atoms with Crippen LogP contribution < -0.4 is 5.32 Å². The van der Waals surface area contributed by atoms with Crippen LogP contribution in [-0.2, 0) is 9.47 Å². The molecule has 0 bridgehead atoms. The summed E-state index contributed by atoms with van der Waals surface area (Å²) in [5.41, 5.74) is 0. The number of guanidine groups is 1. The lowest BCUT2D eigenvalue weighted by molar-refractivity contribution is -0.0817. The van der Waals surface area contributed by atoms with Gasteiger partial charge in [-0.1, -0.05) is 6.92 Å². The average Bonchev–Trinajstić information content (AvgIpc) is 3.17. The average molecular weight is 353 g/mol. The summed E-state index contributed by atoms with van der Waals surface area (Å²) in [5, 5.41) is 3.47. The molecule has 3 heterocycles. The van der Waals surface area contributed by atoms with Gasteiger partial charge in [0, 0.05) is 32.8 Å². The van der Waals surface area contributed by atoms with Crippen LogP contribution in [0.5, 0.6) is 0 Å². The first-order valence-corrected chi connectivity index (χ1v) is 10.2. The SMILES string of the molecule is CCNC(=NCCN1CCC(C)CC1)N1CCOC(C2CCCO2)C1. The van der Waals surface area contributed by atoms with E-state index in [1.165, 1.54) is 25.9 Å². The van der Waals surface area contributed by atoms with E-state index in [-0.39, 0.29) is 12.2 Å². The van der Waals surface area contributed by atoms with E-state index < -0.39 is 0 Å². The highest BCUT2D eigenvalue weighted by molar-refractivity contribution is 5.80. The molecule has 0 saturated carbocycles. The predicted molar refractivity (Wildman–Crippen MR) is 101 cm³/mol. The minimum Gasteiger partial charge on any atom is -0.375 e. The van der Waals surface area contributed by atoms with Crippen LogP contribution in [0.15, 0.2) is 4.99 Å². The molecule has 3 aliphatic rings. The van der Waals surface area contributed by atoms with Crippen molar-refractivity contribution in [1.82, 2.24) is 15.1 Å². The van der Waals surface area contributed by atoms with Gasteiger partial charge in [0.05, 0.1) is 19.3 Å². The van der Waals surface area contributed by atoms with Gasteiger partial charge in [-0.25, -0.2) is 0 Å². The molecule has 6 nitrogen and oxygen atoms in total. The van der Waals surface area contributed by atoms with Crippen LogP contribution in [0.4, 0.5) is 0 Å². The van der Waals surface area contributed by atoms with Crippen molar-refractivity contribution in [2.75, 3.05) is 59.0 Å². The van der Waals surface area contributed by atoms with Gasteiger partial charge in [0.2, 0.25) is 0 Å². The van der Waals surface area contributed by atoms with Gasteiger partial charge in [0.15, 0.2) is 5.96 Å². The summed E-state index contributed by atoms with van der Waals surface area (Å²) in [4.78, 5) is 9.82. The molecule has 3 saturated heterocycles. The maximum absolute atomic E-state index is 5.97. The Morgan fingerprint density at radius 2 is 1.88 bits per heavy atom. The maximum Gasteiger partial charge on any atom is 0.194 e. The topological polar surface area (TPSA) is 49.3 Å². The fraction of sp³-hybridized carbons (Fsp3) is 0.947. The standard InChI is InChI=1S/C19H36N4O2/c1-3-20-19(21-8-11-22-9-6-16(2)7-10-22)23-12-14-25-18(15-23)17-5-4-13-24-17/h16-18H,3-15H2,1-2H3,(H,20,21). The zero-order chi connectivity index (χ0) is 17.5. The van der Waals surface area contributed by atoms with Crippen molar-refractivity contribution in [3.8, 4) is 0 Å². The normalized spacial score (nSPS) is 30.0. The number of hydrogen-bond acceptors (Lipinski definition) is 4. The number of likely N-dealkylation sites (tertiary alicyclic amines) is 1. The second kappa shape index (κ2) is 9.74. The summed E-state index contributed by atoms with van der Waals surface area (Å²) in [7, 11) is 0. The minimum absolute atomic E-state index is 0.184. The van der Waals surface area contributed by atoms with Crippen molar-refractivity contribution in [3.05, 3.63) is 0 Å². The fourth-order valence-electron chi connectivity index (χ4n) is 4.00. The molecule has 144 valence electrons. The van der Waals surface area contributed by atoms with Gasteiger partial charge in [-0.15, -0.1) is 0 Å². The van der Waals surface area contributed by atoms with Crippen molar-refractivity contribution in [3.63, 3.8) is 0 Å². The molecule has 6 heteroatoms. The van der Waals surface area contributed by atoms with Crippen LogP contribution in [0.25, 0.3) is 0 Å². The van der Waals surface area contributed by atoms with Crippen LogP contribution in [-0.4, -0.2) is 87.0 Å². The number of aliphatic imine (C=N–C) groups is 1. The molecule has 0 aliphatic carbocycles. The number of ether oxygens (including phenoxy) is 2. The van der Waals surface area contributed by atoms with Crippen molar-refractivity contribution in [2.24, 2.45) is 10.9 Å². The number of morpholine rings is 1. The molecule has 0 radical (unpaired) electrons. The van der Waals surface area contributed by atoms with Gasteiger partial charge in [0.1, 0.15) is 6.10 Å². The molecule has 2 atom stereocenters. The molecule has 25 heavy (non-hydrogen) atoms. The van der Waals surface area contributed by atoms with Crippen molar-refractivity contribution in [2.45, 2.75) is 51.7 Å². The van der Waals surface area contributed by atoms with E-state index in [0.29, 0.717) is 0 Å². The number of hydrogen-bond donors (Lipinski definition) is 1. The molecule has 1 N–H and O–H groups in total. The lowest BCUT2D eigenvalue weighted by Crippen LogP contribution is -2.53. The van der Waals surface area contributed by atoms with E-state index in [9.17, 15) is 0 Å². The molecule has 0 aromatic carbocycles. The Labute approximate surface area is 152 Å². The van der Waals surface area contributed by atoms with E-state index in [1.807, 2.05) is 0 Å². The molecular weight excluding hydrogens is 316 g/mol. The fourth-order valence-corrected chi connectivity index (χ4v) is 4.00. The molecule has 0 aromatic rings.